The molecule has 286 valence electrons. The predicted octanol–water partition coefficient (Wildman–Crippen LogP) is 9.20. The number of rotatable bonds is 33. The summed E-state index contributed by atoms with van der Waals surface area (Å²) in [5.74, 6) is -1.56. The molecule has 0 aliphatic heterocycles. The molecule has 0 spiro atoms. The molecule has 1 aromatic carbocycles. The summed E-state index contributed by atoms with van der Waals surface area (Å²) in [6.45, 7) is 4.82. The Balaban J connectivity index is 0.0000250. The van der Waals surface area contributed by atoms with Gasteiger partial charge in [0, 0.05) is 0 Å². The molecule has 1 rings (SSSR count). The zero-order valence-corrected chi connectivity index (χ0v) is 36.5. The molecule has 0 bridgehead atoms. The van der Waals surface area contributed by atoms with Crippen LogP contribution in [0.3, 0.4) is 0 Å². The van der Waals surface area contributed by atoms with Gasteiger partial charge in [-0.2, -0.15) is 0 Å². The summed E-state index contributed by atoms with van der Waals surface area (Å²) in [5.41, 5.74) is -0.347. The van der Waals surface area contributed by atoms with Crippen LogP contribution in [0.15, 0.2) is 47.4 Å². The van der Waals surface area contributed by atoms with Crippen LogP contribution >= 0.6 is 0 Å². The largest absolute Gasteiger partial charge is 1.00 e. The van der Waals surface area contributed by atoms with Crippen LogP contribution in [0.1, 0.15) is 202 Å². The van der Waals surface area contributed by atoms with E-state index in [0.29, 0.717) is 12.8 Å². The van der Waals surface area contributed by atoms with Gasteiger partial charge in [-0.25, -0.2) is 18.0 Å². The van der Waals surface area contributed by atoms with E-state index >= 15 is 0 Å². The summed E-state index contributed by atoms with van der Waals surface area (Å²) >= 11 is 0. The topological polar surface area (TPSA) is 110 Å². The van der Waals surface area contributed by atoms with E-state index in [0.717, 1.165) is 56.7 Å². The number of hydrogen-bond donors (Lipinski definition) is 0. The Morgan fingerprint density at radius 3 is 1.24 bits per heavy atom. The van der Waals surface area contributed by atoms with Crippen molar-refractivity contribution in [3.63, 3.8) is 0 Å². The second-order valence-corrected chi connectivity index (χ2v) is 15.0. The maximum Gasteiger partial charge on any atom is 1.00 e. The van der Waals surface area contributed by atoms with Gasteiger partial charge in [-0.3, -0.25) is 0 Å². The molecule has 0 amide bonds. The van der Waals surface area contributed by atoms with Crippen LogP contribution in [-0.4, -0.2) is 38.1 Å². The number of benzene rings is 1. The first kappa shape index (κ1) is 50.2. The molecule has 0 fully saturated rings. The Labute approximate surface area is 354 Å². The Morgan fingerprint density at radius 2 is 0.863 bits per heavy atom. The van der Waals surface area contributed by atoms with E-state index < -0.39 is 27.0 Å². The molecule has 51 heavy (non-hydrogen) atoms. The fourth-order valence-electron chi connectivity index (χ4n) is 5.86. The molecule has 9 heteroatoms. The van der Waals surface area contributed by atoms with Crippen molar-refractivity contribution < 1.29 is 83.4 Å². The fraction of sp³-hybridized carbons (Fsp3) is 0.714. The summed E-state index contributed by atoms with van der Waals surface area (Å²) in [6.07, 6.45) is 39.3. The first-order valence-corrected chi connectivity index (χ1v) is 21.5. The van der Waals surface area contributed by atoms with Crippen molar-refractivity contribution in [2.45, 2.75) is 186 Å². The standard InChI is InChI=1S/C42H70O7S.K/c1-3-5-7-9-11-13-15-17-19-21-23-25-27-29-31-35-48-41(43)39-34-33-38(50(45,46)47)37-40(39)42(44)49-36-32-30-28-26-24-22-20-18-16-14-12-10-8-6-4-2;/h11-14,33-34,37H,3-10,15-32,35-36H2,1-2H3,(H,45,46,47);/q;+1/p-1/b13-11+,14-12+;. The van der Waals surface area contributed by atoms with Gasteiger partial charge in [0.05, 0.1) is 29.2 Å². The summed E-state index contributed by atoms with van der Waals surface area (Å²) in [4.78, 5) is 25.1. The average Bonchev–Trinajstić information content (AvgIpc) is 3.10. The third-order valence-corrected chi connectivity index (χ3v) is 9.83. The smallest absolute Gasteiger partial charge is 0.744 e. The van der Waals surface area contributed by atoms with Crippen molar-refractivity contribution in [3.8, 4) is 0 Å². The Morgan fingerprint density at radius 1 is 0.529 bits per heavy atom. The third kappa shape index (κ3) is 28.3. The molecule has 7 nitrogen and oxygen atoms in total. The zero-order chi connectivity index (χ0) is 36.5. The number of ether oxygens (including phenoxy) is 2. The van der Waals surface area contributed by atoms with E-state index in [9.17, 15) is 22.6 Å². The van der Waals surface area contributed by atoms with Gasteiger partial charge in [-0.05, 0) is 82.4 Å². The number of carbonyl (C=O) groups excluding carboxylic acids is 2. The van der Waals surface area contributed by atoms with Crippen molar-refractivity contribution in [2.24, 2.45) is 0 Å². The van der Waals surface area contributed by atoms with Crippen LogP contribution in [0.2, 0.25) is 0 Å². The van der Waals surface area contributed by atoms with Gasteiger partial charge in [-0.1, -0.05) is 141 Å². The van der Waals surface area contributed by atoms with Crippen LogP contribution in [0, 0.1) is 0 Å². The second kappa shape index (κ2) is 34.9. The number of esters is 2. The number of unbranched alkanes of at least 4 members (excludes halogenated alkanes) is 22. The molecule has 0 aliphatic carbocycles. The van der Waals surface area contributed by atoms with Gasteiger partial charge in [0.1, 0.15) is 10.1 Å². The van der Waals surface area contributed by atoms with Crippen molar-refractivity contribution in [2.75, 3.05) is 13.2 Å². The molecule has 0 aliphatic rings. The number of allylic oxidation sites excluding steroid dienone is 4. The summed E-state index contributed by atoms with van der Waals surface area (Å²) < 4.78 is 45.6. The van der Waals surface area contributed by atoms with Gasteiger partial charge in [0.25, 0.3) is 0 Å². The van der Waals surface area contributed by atoms with E-state index in [2.05, 4.69) is 38.2 Å². The predicted molar refractivity (Wildman–Crippen MR) is 205 cm³/mol. The Kier molecular flexibility index (Phi) is 34.4. The quantitative estimate of drug-likeness (QED) is 0.0231. The molecular formula is C42H69KO7S. The van der Waals surface area contributed by atoms with Gasteiger partial charge in [0.2, 0.25) is 0 Å². The molecule has 0 aromatic heterocycles. The summed E-state index contributed by atoms with van der Waals surface area (Å²) in [5, 5.41) is 0. The van der Waals surface area contributed by atoms with Crippen molar-refractivity contribution >= 4 is 22.1 Å². The van der Waals surface area contributed by atoms with Gasteiger partial charge >= 0.3 is 63.3 Å². The van der Waals surface area contributed by atoms with E-state index in [1.54, 1.807) is 0 Å². The average molecular weight is 757 g/mol. The minimum Gasteiger partial charge on any atom is -0.744 e. The first-order chi connectivity index (χ1) is 24.3. The molecule has 1 aromatic rings. The molecule has 0 N–H and O–H groups in total. The van der Waals surface area contributed by atoms with Crippen LogP contribution in [0.4, 0.5) is 0 Å². The zero-order valence-electron chi connectivity index (χ0n) is 32.6. The summed E-state index contributed by atoms with van der Waals surface area (Å²) in [7, 11) is -4.81. The maximum atomic E-state index is 12.9. The SMILES string of the molecule is CCCCC/C=C/CCCCCCCCCCOC(=O)c1ccc(S(=O)(=O)[O-])cc1C(=O)OCCCCCCCCCC/C=C/CCCCC.[K+]. The van der Waals surface area contributed by atoms with Crippen molar-refractivity contribution in [1.29, 1.82) is 0 Å². The molecule has 0 heterocycles. The molecule has 0 atom stereocenters. The van der Waals surface area contributed by atoms with Gasteiger partial charge in [0.15, 0.2) is 0 Å². The van der Waals surface area contributed by atoms with Crippen molar-refractivity contribution in [3.05, 3.63) is 53.6 Å². The van der Waals surface area contributed by atoms with Crippen LogP contribution in [0.25, 0.3) is 0 Å². The van der Waals surface area contributed by atoms with Crippen LogP contribution in [0.5, 0.6) is 0 Å². The summed E-state index contributed by atoms with van der Waals surface area (Å²) in [6, 6.07) is 3.12. The minimum atomic E-state index is -4.81. The van der Waals surface area contributed by atoms with E-state index in [4.69, 9.17) is 9.47 Å². The van der Waals surface area contributed by atoms with E-state index in [1.165, 1.54) is 116 Å². The maximum absolute atomic E-state index is 12.9. The monoisotopic (exact) mass is 756 g/mol. The molecule has 0 saturated carbocycles. The molecule has 0 unspecified atom stereocenters. The van der Waals surface area contributed by atoms with E-state index in [1.807, 2.05) is 0 Å². The molecular weight excluding hydrogens is 688 g/mol. The Bertz CT molecular complexity index is 1180. The Hall–Kier alpha value is -0.814. The van der Waals surface area contributed by atoms with Crippen molar-refractivity contribution in [1.82, 2.24) is 0 Å². The molecule has 0 saturated heterocycles. The molecule has 0 radical (unpaired) electrons. The fourth-order valence-corrected chi connectivity index (χ4v) is 6.35. The second-order valence-electron chi connectivity index (χ2n) is 13.6. The number of carbonyl (C=O) groups is 2. The van der Waals surface area contributed by atoms with Crippen LogP contribution in [-0.2, 0) is 19.6 Å². The van der Waals surface area contributed by atoms with E-state index in [-0.39, 0.29) is 75.7 Å². The number of hydrogen-bond acceptors (Lipinski definition) is 7. The first-order valence-electron chi connectivity index (χ1n) is 20.0. The third-order valence-electron chi connectivity index (χ3n) is 9.00. The van der Waals surface area contributed by atoms with Crippen LogP contribution < -0.4 is 51.4 Å². The minimum absolute atomic E-state index is 0. The van der Waals surface area contributed by atoms with Gasteiger partial charge < -0.3 is 14.0 Å². The van der Waals surface area contributed by atoms with Gasteiger partial charge in [-0.15, -0.1) is 0 Å². The normalized spacial score (nSPS) is 11.7.